The number of aryl methyl sites for hydroxylation is 1. The molecule has 0 aromatic carbocycles. The molecule has 1 aromatic rings. The lowest BCUT2D eigenvalue weighted by atomic mass is 9.77. The van der Waals surface area contributed by atoms with Gasteiger partial charge in [-0.3, -0.25) is 4.68 Å². The van der Waals surface area contributed by atoms with Gasteiger partial charge in [0.2, 0.25) is 0 Å². The number of hydrogen-bond donors (Lipinski definition) is 1. The minimum Gasteiger partial charge on any atom is -0.386 e. The normalized spacial score (nSPS) is 25.5. The highest BCUT2D eigenvalue weighted by atomic mass is 79.9. The van der Waals surface area contributed by atoms with Gasteiger partial charge in [-0.1, -0.05) is 32.6 Å². The third-order valence-corrected chi connectivity index (χ3v) is 5.06. The Morgan fingerprint density at radius 2 is 2.05 bits per heavy atom. The molecule has 1 atom stereocenters. The Bertz CT molecular complexity index is 397. The van der Waals surface area contributed by atoms with E-state index in [2.05, 4.69) is 34.9 Å². The van der Waals surface area contributed by atoms with Crippen molar-refractivity contribution in [3.05, 3.63) is 16.4 Å². The number of aliphatic hydroxyl groups excluding tert-OH is 1. The third-order valence-electron chi connectivity index (χ3n) is 4.45. The molecule has 0 saturated heterocycles. The van der Waals surface area contributed by atoms with Crippen molar-refractivity contribution in [3.63, 3.8) is 0 Å². The van der Waals surface area contributed by atoms with Crippen LogP contribution < -0.4 is 0 Å². The second-order valence-corrected chi connectivity index (χ2v) is 6.56. The first-order chi connectivity index (χ1) is 9.17. The number of aliphatic hydroxyl groups is 1. The fourth-order valence-electron chi connectivity index (χ4n) is 3.34. The molecular formula is C15H25BrN2O. The molecule has 1 saturated carbocycles. The summed E-state index contributed by atoms with van der Waals surface area (Å²) in [5.74, 6) is 1.28. The van der Waals surface area contributed by atoms with Gasteiger partial charge >= 0.3 is 0 Å². The zero-order valence-electron chi connectivity index (χ0n) is 12.0. The second-order valence-electron chi connectivity index (χ2n) is 5.71. The molecule has 1 unspecified atom stereocenters. The fraction of sp³-hybridized carbons (Fsp3) is 0.800. The van der Waals surface area contributed by atoms with Gasteiger partial charge in [-0.2, -0.15) is 5.10 Å². The first-order valence-corrected chi connectivity index (χ1v) is 8.35. The van der Waals surface area contributed by atoms with Crippen molar-refractivity contribution < 1.29 is 5.11 Å². The van der Waals surface area contributed by atoms with Crippen molar-refractivity contribution in [3.8, 4) is 0 Å². The predicted octanol–water partition coefficient (Wildman–Crippen LogP) is 4.31. The number of nitrogens with zero attached hydrogens (tertiary/aromatic N) is 2. The first kappa shape index (κ1) is 15.0. The molecule has 1 N–H and O–H groups in total. The van der Waals surface area contributed by atoms with Gasteiger partial charge in [-0.25, -0.2) is 0 Å². The molecule has 1 fully saturated rings. The Kier molecular flexibility index (Phi) is 5.46. The molecule has 0 spiro atoms. The van der Waals surface area contributed by atoms with Gasteiger partial charge in [0.1, 0.15) is 0 Å². The Hall–Kier alpha value is -0.350. The number of halogens is 1. The average Bonchev–Trinajstić information content (AvgIpc) is 2.80. The summed E-state index contributed by atoms with van der Waals surface area (Å²) in [7, 11) is 0. The van der Waals surface area contributed by atoms with Gasteiger partial charge in [0.15, 0.2) is 0 Å². The highest BCUT2D eigenvalue weighted by molar-refractivity contribution is 9.10. The van der Waals surface area contributed by atoms with Crippen LogP contribution in [0.4, 0.5) is 0 Å². The molecule has 3 nitrogen and oxygen atoms in total. The summed E-state index contributed by atoms with van der Waals surface area (Å²) < 4.78 is 2.85. The highest BCUT2D eigenvalue weighted by Crippen LogP contribution is 2.39. The van der Waals surface area contributed by atoms with Crippen molar-refractivity contribution in [1.82, 2.24) is 9.78 Å². The number of rotatable bonds is 5. The standard InChI is InChI=1S/C15H25BrN2O/c1-3-5-11-6-8-12(9-7-11)15(19)14-13(16)10-17-18(14)4-2/h10-12,15,19H,3-9H2,1-2H3. The maximum atomic E-state index is 10.7. The minimum absolute atomic E-state index is 0.376. The van der Waals surface area contributed by atoms with Crippen LogP contribution in [-0.2, 0) is 6.54 Å². The first-order valence-electron chi connectivity index (χ1n) is 7.56. The van der Waals surface area contributed by atoms with Crippen molar-refractivity contribution >= 4 is 15.9 Å². The summed E-state index contributed by atoms with van der Waals surface area (Å²) >= 11 is 3.52. The lowest BCUT2D eigenvalue weighted by Gasteiger charge is -2.31. The van der Waals surface area contributed by atoms with E-state index in [4.69, 9.17) is 0 Å². The Labute approximate surface area is 124 Å². The SMILES string of the molecule is CCCC1CCC(C(O)c2c(Br)cnn2CC)CC1. The van der Waals surface area contributed by atoms with Crippen LogP contribution in [-0.4, -0.2) is 14.9 Å². The van der Waals surface area contributed by atoms with E-state index in [1.54, 1.807) is 6.20 Å². The maximum Gasteiger partial charge on any atom is 0.0996 e. The summed E-state index contributed by atoms with van der Waals surface area (Å²) in [4.78, 5) is 0. The molecule has 0 radical (unpaired) electrons. The predicted molar refractivity (Wildman–Crippen MR) is 80.9 cm³/mol. The molecule has 0 bridgehead atoms. The molecule has 4 heteroatoms. The number of aromatic nitrogens is 2. The van der Waals surface area contributed by atoms with E-state index in [9.17, 15) is 5.11 Å². The molecule has 108 valence electrons. The van der Waals surface area contributed by atoms with Crippen LogP contribution in [0, 0.1) is 11.8 Å². The average molecular weight is 329 g/mol. The van der Waals surface area contributed by atoms with Crippen LogP contribution in [0.5, 0.6) is 0 Å². The largest absolute Gasteiger partial charge is 0.386 e. The molecule has 0 aliphatic heterocycles. The summed E-state index contributed by atoms with van der Waals surface area (Å²) in [5, 5.41) is 15.0. The summed E-state index contributed by atoms with van der Waals surface area (Å²) in [6.07, 6.45) is 8.89. The van der Waals surface area contributed by atoms with Crippen LogP contribution in [0.1, 0.15) is 64.2 Å². The molecule has 0 amide bonds. The maximum absolute atomic E-state index is 10.7. The van der Waals surface area contributed by atoms with E-state index in [1.807, 2.05) is 4.68 Å². The van der Waals surface area contributed by atoms with Crippen LogP contribution in [0.2, 0.25) is 0 Å². The lowest BCUT2D eigenvalue weighted by Crippen LogP contribution is -2.22. The summed E-state index contributed by atoms with van der Waals surface area (Å²) in [6.45, 7) is 5.13. The van der Waals surface area contributed by atoms with Crippen LogP contribution in [0.3, 0.4) is 0 Å². The Balaban J connectivity index is 2.01. The van der Waals surface area contributed by atoms with E-state index >= 15 is 0 Å². The van der Waals surface area contributed by atoms with Crippen molar-refractivity contribution in [1.29, 1.82) is 0 Å². The Morgan fingerprint density at radius 1 is 1.37 bits per heavy atom. The number of hydrogen-bond acceptors (Lipinski definition) is 2. The van der Waals surface area contributed by atoms with Crippen molar-refractivity contribution in [2.45, 2.75) is 65.0 Å². The van der Waals surface area contributed by atoms with Crippen molar-refractivity contribution in [2.24, 2.45) is 11.8 Å². The van der Waals surface area contributed by atoms with Gasteiger partial charge in [0.25, 0.3) is 0 Å². The smallest absolute Gasteiger partial charge is 0.0996 e. The van der Waals surface area contributed by atoms with E-state index in [0.717, 1.165) is 35.5 Å². The monoisotopic (exact) mass is 328 g/mol. The summed E-state index contributed by atoms with van der Waals surface area (Å²) in [5.41, 5.74) is 0.960. The minimum atomic E-state index is -0.376. The molecule has 2 rings (SSSR count). The molecule has 1 aliphatic rings. The van der Waals surface area contributed by atoms with Gasteiger partial charge < -0.3 is 5.11 Å². The molecule has 19 heavy (non-hydrogen) atoms. The van der Waals surface area contributed by atoms with E-state index in [0.29, 0.717) is 5.92 Å². The van der Waals surface area contributed by atoms with Crippen molar-refractivity contribution in [2.75, 3.05) is 0 Å². The Morgan fingerprint density at radius 3 is 2.63 bits per heavy atom. The second kappa shape index (κ2) is 6.89. The topological polar surface area (TPSA) is 38.1 Å². The zero-order chi connectivity index (χ0) is 13.8. The van der Waals surface area contributed by atoms with Crippen LogP contribution >= 0.6 is 15.9 Å². The van der Waals surface area contributed by atoms with Crippen LogP contribution in [0.25, 0.3) is 0 Å². The van der Waals surface area contributed by atoms with Gasteiger partial charge in [-0.15, -0.1) is 0 Å². The van der Waals surface area contributed by atoms with E-state index in [-0.39, 0.29) is 6.10 Å². The van der Waals surface area contributed by atoms with Gasteiger partial charge in [-0.05, 0) is 47.5 Å². The van der Waals surface area contributed by atoms with E-state index < -0.39 is 0 Å². The quantitative estimate of drug-likeness (QED) is 0.874. The third kappa shape index (κ3) is 3.40. The molecule has 1 aliphatic carbocycles. The van der Waals surface area contributed by atoms with E-state index in [1.165, 1.54) is 25.7 Å². The zero-order valence-corrected chi connectivity index (χ0v) is 13.6. The fourth-order valence-corrected chi connectivity index (χ4v) is 3.87. The lowest BCUT2D eigenvalue weighted by molar-refractivity contribution is 0.0645. The van der Waals surface area contributed by atoms with Gasteiger partial charge in [0.05, 0.1) is 22.5 Å². The molecular weight excluding hydrogens is 304 g/mol. The highest BCUT2D eigenvalue weighted by Gasteiger charge is 2.30. The molecule has 1 heterocycles. The van der Waals surface area contributed by atoms with Gasteiger partial charge in [0, 0.05) is 6.54 Å². The van der Waals surface area contributed by atoms with Crippen LogP contribution in [0.15, 0.2) is 10.7 Å². The summed E-state index contributed by atoms with van der Waals surface area (Å²) in [6, 6.07) is 0. The molecule has 1 aromatic heterocycles.